The molecule has 2 aliphatic rings. The van der Waals surface area contributed by atoms with E-state index in [2.05, 4.69) is 9.88 Å². The maximum Gasteiger partial charge on any atom is 0.274 e. The summed E-state index contributed by atoms with van der Waals surface area (Å²) in [5.41, 5.74) is 2.06. The number of carbonyl (C=O) groups is 1. The second-order valence-electron chi connectivity index (χ2n) is 6.99. The van der Waals surface area contributed by atoms with E-state index >= 15 is 0 Å². The average Bonchev–Trinajstić information content (AvgIpc) is 3.34. The number of fused-ring (bicyclic) bond motifs is 2. The maximum absolute atomic E-state index is 13.3. The first-order valence-electron chi connectivity index (χ1n) is 9.20. The van der Waals surface area contributed by atoms with E-state index in [9.17, 15) is 9.18 Å². The van der Waals surface area contributed by atoms with Crippen molar-refractivity contribution in [1.29, 1.82) is 0 Å². The molecule has 5 rings (SSSR count). The van der Waals surface area contributed by atoms with Gasteiger partial charge >= 0.3 is 0 Å². The second-order valence-corrected chi connectivity index (χ2v) is 6.99. The molecule has 0 unspecified atom stereocenters. The normalized spacial score (nSPS) is 16.7. The summed E-state index contributed by atoms with van der Waals surface area (Å²) >= 11 is 0. The Morgan fingerprint density at radius 1 is 1.04 bits per heavy atom. The van der Waals surface area contributed by atoms with Gasteiger partial charge in [0.1, 0.15) is 17.2 Å². The molecule has 0 aliphatic carbocycles. The first-order chi connectivity index (χ1) is 13.7. The largest absolute Gasteiger partial charge is 0.454 e. The van der Waals surface area contributed by atoms with Gasteiger partial charge in [0.2, 0.25) is 6.79 Å². The van der Waals surface area contributed by atoms with E-state index in [1.54, 1.807) is 21.6 Å². The number of nitrogens with zero attached hydrogens (tertiary/aromatic N) is 4. The van der Waals surface area contributed by atoms with Crippen LogP contribution in [0.15, 0.2) is 42.7 Å². The Morgan fingerprint density at radius 2 is 1.86 bits per heavy atom. The number of imidazole rings is 1. The van der Waals surface area contributed by atoms with E-state index in [4.69, 9.17) is 9.47 Å². The van der Waals surface area contributed by atoms with Crippen LogP contribution in [-0.2, 0) is 6.54 Å². The molecule has 0 spiro atoms. The SMILES string of the molecule is O=C(c1cn2cc(F)ccc2n1)N1CCN(Cc2ccc3c(c2)OCO3)CC1. The molecular formula is C20H19FN4O3. The van der Waals surface area contributed by atoms with Crippen LogP contribution in [0.4, 0.5) is 4.39 Å². The number of halogens is 1. The number of hydrogen-bond acceptors (Lipinski definition) is 5. The molecule has 1 amide bonds. The molecule has 0 N–H and O–H groups in total. The molecule has 7 nitrogen and oxygen atoms in total. The maximum atomic E-state index is 13.3. The quantitative estimate of drug-likeness (QED) is 0.695. The van der Waals surface area contributed by atoms with E-state index in [1.165, 1.54) is 12.3 Å². The first kappa shape index (κ1) is 17.0. The molecule has 8 heteroatoms. The Balaban J connectivity index is 1.22. The van der Waals surface area contributed by atoms with Crippen molar-refractivity contribution in [3.05, 3.63) is 59.8 Å². The second kappa shape index (κ2) is 6.79. The van der Waals surface area contributed by atoms with Crippen LogP contribution in [-0.4, -0.2) is 58.1 Å². The highest BCUT2D eigenvalue weighted by molar-refractivity contribution is 5.93. The van der Waals surface area contributed by atoms with Gasteiger partial charge in [-0.15, -0.1) is 0 Å². The Morgan fingerprint density at radius 3 is 2.71 bits per heavy atom. The number of hydrogen-bond donors (Lipinski definition) is 0. The highest BCUT2D eigenvalue weighted by Gasteiger charge is 2.24. The average molecular weight is 382 g/mol. The van der Waals surface area contributed by atoms with E-state index in [-0.39, 0.29) is 18.5 Å². The van der Waals surface area contributed by atoms with Crippen LogP contribution in [0, 0.1) is 5.82 Å². The van der Waals surface area contributed by atoms with Gasteiger partial charge in [-0.2, -0.15) is 0 Å². The van der Waals surface area contributed by atoms with Crippen LogP contribution in [0.25, 0.3) is 5.65 Å². The Labute approximate surface area is 160 Å². The number of amides is 1. The molecule has 0 saturated carbocycles. The summed E-state index contributed by atoms with van der Waals surface area (Å²) < 4.78 is 25.7. The predicted octanol–water partition coefficient (Wildman–Crippen LogP) is 2.16. The van der Waals surface area contributed by atoms with Crippen LogP contribution in [0.3, 0.4) is 0 Å². The van der Waals surface area contributed by atoms with Crippen LogP contribution in [0.2, 0.25) is 0 Å². The number of benzene rings is 1. The number of ether oxygens (including phenoxy) is 2. The van der Waals surface area contributed by atoms with Gasteiger partial charge in [0.05, 0.1) is 0 Å². The molecule has 144 valence electrons. The van der Waals surface area contributed by atoms with Crippen molar-refractivity contribution < 1.29 is 18.7 Å². The highest BCUT2D eigenvalue weighted by atomic mass is 19.1. The molecular weight excluding hydrogens is 363 g/mol. The van der Waals surface area contributed by atoms with Gasteiger partial charge in [0.25, 0.3) is 5.91 Å². The molecule has 2 aliphatic heterocycles. The fraction of sp³-hybridized carbons (Fsp3) is 0.300. The van der Waals surface area contributed by atoms with Crippen molar-refractivity contribution in [3.8, 4) is 11.5 Å². The molecule has 0 radical (unpaired) electrons. The van der Waals surface area contributed by atoms with Crippen molar-refractivity contribution in [2.45, 2.75) is 6.54 Å². The summed E-state index contributed by atoms with van der Waals surface area (Å²) in [6.07, 6.45) is 2.90. The minimum atomic E-state index is -0.360. The number of carbonyl (C=O) groups excluding carboxylic acids is 1. The summed E-state index contributed by atoms with van der Waals surface area (Å²) in [7, 11) is 0. The lowest BCUT2D eigenvalue weighted by atomic mass is 10.1. The van der Waals surface area contributed by atoms with Crippen molar-refractivity contribution in [1.82, 2.24) is 19.2 Å². The fourth-order valence-electron chi connectivity index (χ4n) is 3.64. The van der Waals surface area contributed by atoms with Gasteiger partial charge < -0.3 is 18.8 Å². The van der Waals surface area contributed by atoms with Crippen LogP contribution in [0.5, 0.6) is 11.5 Å². The smallest absolute Gasteiger partial charge is 0.274 e. The summed E-state index contributed by atoms with van der Waals surface area (Å²) in [5.74, 6) is 1.09. The molecule has 1 saturated heterocycles. The summed E-state index contributed by atoms with van der Waals surface area (Å²) in [6.45, 7) is 3.89. The third kappa shape index (κ3) is 3.16. The molecule has 28 heavy (non-hydrogen) atoms. The third-order valence-corrected chi connectivity index (χ3v) is 5.14. The summed E-state index contributed by atoms with van der Waals surface area (Å²) in [6, 6.07) is 8.89. The third-order valence-electron chi connectivity index (χ3n) is 5.14. The molecule has 2 aromatic heterocycles. The van der Waals surface area contributed by atoms with Gasteiger partial charge in [-0.3, -0.25) is 9.69 Å². The molecule has 4 heterocycles. The minimum absolute atomic E-state index is 0.119. The van der Waals surface area contributed by atoms with Crippen LogP contribution < -0.4 is 9.47 Å². The van der Waals surface area contributed by atoms with Gasteiger partial charge in [0.15, 0.2) is 11.5 Å². The molecule has 3 aromatic rings. The lowest BCUT2D eigenvalue weighted by molar-refractivity contribution is 0.0623. The summed E-state index contributed by atoms with van der Waals surface area (Å²) in [5, 5.41) is 0. The number of rotatable bonds is 3. The van der Waals surface area contributed by atoms with Gasteiger partial charge in [0, 0.05) is 45.1 Å². The van der Waals surface area contributed by atoms with E-state index in [0.717, 1.165) is 36.7 Å². The Kier molecular flexibility index (Phi) is 4.12. The Bertz CT molecular complexity index is 1040. The van der Waals surface area contributed by atoms with Crippen molar-refractivity contribution in [3.63, 3.8) is 0 Å². The number of pyridine rings is 1. The number of aromatic nitrogens is 2. The Hall–Kier alpha value is -3.13. The molecule has 1 fully saturated rings. The lowest BCUT2D eigenvalue weighted by Crippen LogP contribution is -2.48. The van der Waals surface area contributed by atoms with Crippen molar-refractivity contribution in [2.24, 2.45) is 0 Å². The zero-order chi connectivity index (χ0) is 19.1. The van der Waals surface area contributed by atoms with Gasteiger partial charge in [-0.1, -0.05) is 6.07 Å². The monoisotopic (exact) mass is 382 g/mol. The standard InChI is InChI=1S/C20H19FN4O3/c21-15-2-4-19-22-16(12-25(19)11-15)20(26)24-7-5-23(6-8-24)10-14-1-3-17-18(9-14)28-13-27-17/h1-4,9,11-12H,5-8,10,13H2. The van der Waals surface area contributed by atoms with Gasteiger partial charge in [-0.25, -0.2) is 9.37 Å². The van der Waals surface area contributed by atoms with E-state index in [1.807, 2.05) is 18.2 Å². The zero-order valence-corrected chi connectivity index (χ0v) is 15.2. The van der Waals surface area contributed by atoms with E-state index in [0.29, 0.717) is 24.4 Å². The molecule has 1 aromatic carbocycles. The first-order valence-corrected chi connectivity index (χ1v) is 9.20. The van der Waals surface area contributed by atoms with E-state index < -0.39 is 0 Å². The lowest BCUT2D eigenvalue weighted by Gasteiger charge is -2.34. The topological polar surface area (TPSA) is 59.3 Å². The van der Waals surface area contributed by atoms with Gasteiger partial charge in [-0.05, 0) is 29.8 Å². The van der Waals surface area contributed by atoms with Crippen molar-refractivity contribution in [2.75, 3.05) is 33.0 Å². The predicted molar refractivity (Wildman–Crippen MR) is 98.9 cm³/mol. The molecule has 0 bridgehead atoms. The van der Waals surface area contributed by atoms with Crippen LogP contribution >= 0.6 is 0 Å². The summed E-state index contributed by atoms with van der Waals surface area (Å²) in [4.78, 5) is 21.2. The minimum Gasteiger partial charge on any atom is -0.454 e. The van der Waals surface area contributed by atoms with Crippen molar-refractivity contribution >= 4 is 11.6 Å². The molecule has 0 atom stereocenters. The van der Waals surface area contributed by atoms with Crippen LogP contribution in [0.1, 0.15) is 16.1 Å². The number of piperazine rings is 1. The highest BCUT2D eigenvalue weighted by Crippen LogP contribution is 2.32. The zero-order valence-electron chi connectivity index (χ0n) is 15.2. The fourth-order valence-corrected chi connectivity index (χ4v) is 3.64.